The van der Waals surface area contributed by atoms with Crippen LogP contribution in [0.25, 0.3) is 5.69 Å². The van der Waals surface area contributed by atoms with Crippen molar-refractivity contribution in [3.63, 3.8) is 0 Å². The largest absolute Gasteiger partial charge is 0.480 e. The maximum atomic E-state index is 11.8. The Labute approximate surface area is 143 Å². The van der Waals surface area contributed by atoms with E-state index in [1.807, 2.05) is 6.92 Å². The van der Waals surface area contributed by atoms with Crippen LogP contribution in [0.3, 0.4) is 0 Å². The summed E-state index contributed by atoms with van der Waals surface area (Å²) in [6.45, 7) is 3.22. The number of nitrogens with zero attached hydrogens (tertiary/aromatic N) is 2. The summed E-state index contributed by atoms with van der Waals surface area (Å²) in [5, 5.41) is 16.2. The van der Waals surface area contributed by atoms with Gasteiger partial charge in [-0.25, -0.2) is 4.68 Å². The van der Waals surface area contributed by atoms with Gasteiger partial charge in [-0.2, -0.15) is 5.10 Å². The summed E-state index contributed by atoms with van der Waals surface area (Å²) < 4.78 is 1.68. The van der Waals surface area contributed by atoms with Crippen molar-refractivity contribution in [3.05, 3.63) is 45.2 Å². The van der Waals surface area contributed by atoms with Crippen LogP contribution in [-0.4, -0.2) is 33.3 Å². The molecule has 0 aliphatic rings. The molecule has 0 fully saturated rings. The van der Waals surface area contributed by atoms with Crippen LogP contribution < -0.4 is 5.32 Å². The van der Waals surface area contributed by atoms with E-state index in [1.165, 1.54) is 0 Å². The Morgan fingerprint density at radius 3 is 2.57 bits per heavy atom. The van der Waals surface area contributed by atoms with Gasteiger partial charge in [0.15, 0.2) is 0 Å². The van der Waals surface area contributed by atoms with E-state index in [9.17, 15) is 9.59 Å². The van der Waals surface area contributed by atoms with Crippen LogP contribution in [0.2, 0.25) is 10.0 Å². The van der Waals surface area contributed by atoms with Crippen molar-refractivity contribution in [3.8, 4) is 5.69 Å². The number of carboxylic acid groups (broad SMARTS) is 1. The average molecular weight is 356 g/mol. The number of rotatable bonds is 5. The molecule has 0 aliphatic heterocycles. The minimum absolute atomic E-state index is 0.0618. The van der Waals surface area contributed by atoms with Crippen LogP contribution in [-0.2, 0) is 16.0 Å². The first kappa shape index (κ1) is 17.3. The number of amides is 1. The van der Waals surface area contributed by atoms with Crippen molar-refractivity contribution < 1.29 is 14.7 Å². The van der Waals surface area contributed by atoms with Gasteiger partial charge in [0.05, 0.1) is 27.8 Å². The van der Waals surface area contributed by atoms with Crippen LogP contribution in [0.1, 0.15) is 17.0 Å². The molecule has 2 aromatic rings. The number of carbonyl (C=O) groups is 2. The first-order valence-electron chi connectivity index (χ1n) is 6.78. The van der Waals surface area contributed by atoms with Gasteiger partial charge in [-0.15, -0.1) is 0 Å². The van der Waals surface area contributed by atoms with Crippen LogP contribution in [0.4, 0.5) is 0 Å². The minimum atomic E-state index is -1.08. The van der Waals surface area contributed by atoms with E-state index in [4.69, 9.17) is 28.3 Å². The molecule has 8 heteroatoms. The summed E-state index contributed by atoms with van der Waals surface area (Å²) in [6, 6.07) is 5.15. The van der Waals surface area contributed by atoms with Gasteiger partial charge in [0.2, 0.25) is 5.91 Å². The molecule has 0 aliphatic carbocycles. The summed E-state index contributed by atoms with van der Waals surface area (Å²) in [4.78, 5) is 22.3. The van der Waals surface area contributed by atoms with Crippen molar-refractivity contribution in [2.75, 3.05) is 6.54 Å². The molecule has 1 amide bonds. The number of hydrogen-bond acceptors (Lipinski definition) is 3. The third-order valence-corrected chi connectivity index (χ3v) is 4.10. The quantitative estimate of drug-likeness (QED) is 0.862. The predicted molar refractivity (Wildman–Crippen MR) is 87.4 cm³/mol. The van der Waals surface area contributed by atoms with Gasteiger partial charge in [-0.05, 0) is 32.0 Å². The van der Waals surface area contributed by atoms with Gasteiger partial charge in [-0.1, -0.05) is 23.2 Å². The molecular weight excluding hydrogens is 341 g/mol. The molecule has 1 aromatic heterocycles. The molecule has 23 heavy (non-hydrogen) atoms. The first-order valence-corrected chi connectivity index (χ1v) is 7.54. The lowest BCUT2D eigenvalue weighted by molar-refractivity contribution is -0.137. The Balaban J connectivity index is 2.27. The Hall–Kier alpha value is -2.05. The number of carbonyl (C=O) groups excluding carboxylic acids is 1. The second-order valence-corrected chi connectivity index (χ2v) is 5.82. The summed E-state index contributed by atoms with van der Waals surface area (Å²) in [7, 11) is 0. The highest BCUT2D eigenvalue weighted by atomic mass is 35.5. The molecule has 0 spiro atoms. The zero-order valence-electron chi connectivity index (χ0n) is 12.6. The van der Waals surface area contributed by atoms with E-state index in [2.05, 4.69) is 10.4 Å². The number of carboxylic acids is 1. The Bertz CT molecular complexity index is 772. The number of aromatic nitrogens is 2. The molecule has 2 N–H and O–H groups in total. The Kier molecular flexibility index (Phi) is 5.28. The molecule has 0 unspecified atom stereocenters. The van der Waals surface area contributed by atoms with Crippen molar-refractivity contribution in [1.29, 1.82) is 0 Å². The van der Waals surface area contributed by atoms with E-state index in [0.29, 0.717) is 15.7 Å². The fraction of sp³-hybridized carbons (Fsp3) is 0.267. The van der Waals surface area contributed by atoms with Crippen molar-refractivity contribution >= 4 is 35.1 Å². The third kappa shape index (κ3) is 4.03. The Morgan fingerprint density at radius 2 is 1.96 bits per heavy atom. The van der Waals surface area contributed by atoms with Crippen molar-refractivity contribution in [1.82, 2.24) is 15.1 Å². The van der Waals surface area contributed by atoms with Gasteiger partial charge in [-0.3, -0.25) is 9.59 Å². The normalized spacial score (nSPS) is 10.6. The SMILES string of the molecule is Cc1nn(-c2ccc(Cl)c(Cl)c2)c(C)c1CC(=O)NCC(=O)O. The molecular formula is C15H15Cl2N3O3. The molecule has 0 saturated carbocycles. The smallest absolute Gasteiger partial charge is 0.322 e. The van der Waals surface area contributed by atoms with E-state index < -0.39 is 12.5 Å². The lowest BCUT2D eigenvalue weighted by Crippen LogP contribution is -2.30. The van der Waals surface area contributed by atoms with Crippen molar-refractivity contribution in [2.24, 2.45) is 0 Å². The van der Waals surface area contributed by atoms with Gasteiger partial charge >= 0.3 is 5.97 Å². The van der Waals surface area contributed by atoms with Crippen LogP contribution in [0.15, 0.2) is 18.2 Å². The lowest BCUT2D eigenvalue weighted by Gasteiger charge is -2.07. The van der Waals surface area contributed by atoms with E-state index in [0.717, 1.165) is 16.9 Å². The third-order valence-electron chi connectivity index (χ3n) is 3.36. The number of hydrogen-bond donors (Lipinski definition) is 2. The monoisotopic (exact) mass is 355 g/mol. The summed E-state index contributed by atoms with van der Waals surface area (Å²) in [6.07, 6.45) is 0.0618. The van der Waals surface area contributed by atoms with Crippen LogP contribution in [0, 0.1) is 13.8 Å². The zero-order chi connectivity index (χ0) is 17.1. The number of aliphatic carboxylic acids is 1. The van der Waals surface area contributed by atoms with Gasteiger partial charge in [0.25, 0.3) is 0 Å². The molecule has 122 valence electrons. The number of aryl methyl sites for hydroxylation is 1. The van der Waals surface area contributed by atoms with Crippen molar-refractivity contribution in [2.45, 2.75) is 20.3 Å². The topological polar surface area (TPSA) is 84.2 Å². The van der Waals surface area contributed by atoms with Crippen LogP contribution in [0.5, 0.6) is 0 Å². The number of nitrogens with one attached hydrogen (secondary N) is 1. The van der Waals surface area contributed by atoms with Gasteiger partial charge in [0.1, 0.15) is 6.54 Å². The van der Waals surface area contributed by atoms with E-state index in [1.54, 1.807) is 29.8 Å². The van der Waals surface area contributed by atoms with Gasteiger partial charge < -0.3 is 10.4 Å². The highest BCUT2D eigenvalue weighted by Gasteiger charge is 2.16. The maximum Gasteiger partial charge on any atom is 0.322 e. The number of benzene rings is 1. The molecule has 2 rings (SSSR count). The summed E-state index contributed by atoms with van der Waals surface area (Å²) >= 11 is 11.9. The fourth-order valence-corrected chi connectivity index (χ4v) is 2.49. The second-order valence-electron chi connectivity index (χ2n) is 5.01. The minimum Gasteiger partial charge on any atom is -0.480 e. The molecule has 1 aromatic carbocycles. The molecule has 0 atom stereocenters. The van der Waals surface area contributed by atoms with Crippen LogP contribution >= 0.6 is 23.2 Å². The molecule has 1 heterocycles. The first-order chi connectivity index (χ1) is 10.8. The van der Waals surface area contributed by atoms with E-state index in [-0.39, 0.29) is 12.3 Å². The summed E-state index contributed by atoms with van der Waals surface area (Å²) in [5.74, 6) is -1.45. The molecule has 6 nitrogen and oxygen atoms in total. The average Bonchev–Trinajstić information content (AvgIpc) is 2.76. The molecule has 0 saturated heterocycles. The standard InChI is InChI=1S/C15H15Cl2N3O3/c1-8-11(6-14(21)18-7-15(22)23)9(2)20(19-8)10-3-4-12(16)13(17)5-10/h3-5H,6-7H2,1-2H3,(H,18,21)(H,22,23). The highest BCUT2D eigenvalue weighted by Crippen LogP contribution is 2.26. The fourth-order valence-electron chi connectivity index (χ4n) is 2.20. The van der Waals surface area contributed by atoms with Gasteiger partial charge in [0, 0.05) is 11.3 Å². The zero-order valence-corrected chi connectivity index (χ0v) is 14.1. The number of halogens is 2. The molecule has 0 bridgehead atoms. The predicted octanol–water partition coefficient (Wildman–Crippen LogP) is 2.54. The molecule has 0 radical (unpaired) electrons. The Morgan fingerprint density at radius 1 is 1.26 bits per heavy atom. The second kappa shape index (κ2) is 7.02. The summed E-state index contributed by atoms with van der Waals surface area (Å²) in [5.41, 5.74) is 2.96. The highest BCUT2D eigenvalue weighted by molar-refractivity contribution is 6.42. The van der Waals surface area contributed by atoms with E-state index >= 15 is 0 Å². The maximum absolute atomic E-state index is 11.8. The lowest BCUT2D eigenvalue weighted by atomic mass is 10.1.